The summed E-state index contributed by atoms with van der Waals surface area (Å²) >= 11 is 30.2. The van der Waals surface area contributed by atoms with Crippen molar-refractivity contribution < 1.29 is 13.5 Å². The number of nitrogen functional groups attached to an aromatic ring is 1. The number of aromatic nitrogens is 3. The normalized spacial score (nSPS) is 10.9. The molecule has 4 aromatic rings. The van der Waals surface area contributed by atoms with E-state index in [0.717, 1.165) is 0 Å². The predicted molar refractivity (Wildman–Crippen MR) is 127 cm³/mol. The van der Waals surface area contributed by atoms with E-state index < -0.39 is 5.82 Å². The number of pyridine rings is 1. The number of anilines is 1. The fourth-order valence-corrected chi connectivity index (χ4v) is 3.86. The Labute approximate surface area is 216 Å². The molecule has 0 atom stereocenters. The van der Waals surface area contributed by atoms with Crippen molar-refractivity contribution in [3.8, 4) is 29.2 Å². The largest absolute Gasteiger partial charge is 0.453 e. The maximum absolute atomic E-state index is 15.3. The van der Waals surface area contributed by atoms with E-state index in [1.807, 2.05) is 6.07 Å². The molecular weight excluding hydrogens is 551 g/mol. The third-order valence-electron chi connectivity index (χ3n) is 4.43. The molecule has 4 rings (SSSR count). The van der Waals surface area contributed by atoms with Gasteiger partial charge in [-0.05, 0) is 24.3 Å². The van der Waals surface area contributed by atoms with Crippen LogP contribution in [0.1, 0.15) is 17.0 Å². The fourth-order valence-electron chi connectivity index (χ4n) is 2.86. The van der Waals surface area contributed by atoms with E-state index in [9.17, 15) is 0 Å². The highest BCUT2D eigenvalue weighted by Gasteiger charge is 2.22. The molecule has 0 amide bonds. The van der Waals surface area contributed by atoms with Crippen molar-refractivity contribution in [2.45, 2.75) is 6.42 Å². The van der Waals surface area contributed by atoms with Gasteiger partial charge in [-0.2, -0.15) is 5.26 Å². The van der Waals surface area contributed by atoms with E-state index in [4.69, 9.17) is 78.2 Å². The standard InChI is InChI=1S/C21H9Cl5FN5O2/c22-10-3-8(7-28)4-11(6-10)33-19-12(23)2-1-9(16(19)27)5-13-31-32-21(34-13)18-14(24)17(29)15(25)20(26)30-18/h1-4,6H,5H2,(H2,29,30). The van der Waals surface area contributed by atoms with Gasteiger partial charge in [-0.3, -0.25) is 0 Å². The van der Waals surface area contributed by atoms with E-state index in [1.54, 1.807) is 0 Å². The summed E-state index contributed by atoms with van der Waals surface area (Å²) in [6.07, 6.45) is -0.111. The summed E-state index contributed by atoms with van der Waals surface area (Å²) < 4.78 is 26.4. The molecule has 0 spiro atoms. The van der Waals surface area contributed by atoms with Gasteiger partial charge >= 0.3 is 0 Å². The highest BCUT2D eigenvalue weighted by atomic mass is 35.5. The Kier molecular flexibility index (Phi) is 7.03. The van der Waals surface area contributed by atoms with Crippen molar-refractivity contribution >= 4 is 63.7 Å². The molecule has 34 heavy (non-hydrogen) atoms. The molecule has 0 saturated carbocycles. The van der Waals surface area contributed by atoms with Crippen LogP contribution in [0.25, 0.3) is 11.6 Å². The van der Waals surface area contributed by atoms with Crippen LogP contribution in [0.3, 0.4) is 0 Å². The van der Waals surface area contributed by atoms with E-state index in [1.165, 1.54) is 30.3 Å². The number of ether oxygens (including phenoxy) is 1. The first-order chi connectivity index (χ1) is 16.2. The minimum atomic E-state index is -0.763. The zero-order chi connectivity index (χ0) is 24.6. The second kappa shape index (κ2) is 9.82. The Bertz CT molecular complexity index is 1470. The van der Waals surface area contributed by atoms with E-state index in [-0.39, 0.29) is 77.5 Å². The summed E-state index contributed by atoms with van der Waals surface area (Å²) in [4.78, 5) is 4.02. The van der Waals surface area contributed by atoms with Gasteiger partial charge in [0.25, 0.3) is 5.89 Å². The van der Waals surface area contributed by atoms with Gasteiger partial charge < -0.3 is 14.9 Å². The zero-order valence-electron chi connectivity index (χ0n) is 16.5. The molecular formula is C21H9Cl5FN5O2. The number of nitrogens with zero attached hydrogens (tertiary/aromatic N) is 4. The van der Waals surface area contributed by atoms with Gasteiger partial charge in [0.2, 0.25) is 5.89 Å². The molecule has 0 aliphatic heterocycles. The summed E-state index contributed by atoms with van der Waals surface area (Å²) in [6.45, 7) is 0. The van der Waals surface area contributed by atoms with Gasteiger partial charge in [0.1, 0.15) is 16.5 Å². The van der Waals surface area contributed by atoms with E-state index >= 15 is 4.39 Å². The van der Waals surface area contributed by atoms with Gasteiger partial charge in [-0.1, -0.05) is 64.1 Å². The van der Waals surface area contributed by atoms with Crippen LogP contribution in [0.15, 0.2) is 34.7 Å². The first-order valence-corrected chi connectivity index (χ1v) is 11.0. The number of nitriles is 1. The lowest BCUT2D eigenvalue weighted by atomic mass is 10.1. The van der Waals surface area contributed by atoms with Gasteiger partial charge in [0.15, 0.2) is 16.7 Å². The van der Waals surface area contributed by atoms with Crippen LogP contribution in [-0.4, -0.2) is 15.2 Å². The van der Waals surface area contributed by atoms with E-state index in [0.29, 0.717) is 0 Å². The monoisotopic (exact) mass is 557 g/mol. The minimum absolute atomic E-state index is 0.00388. The van der Waals surface area contributed by atoms with E-state index in [2.05, 4.69) is 15.2 Å². The lowest BCUT2D eigenvalue weighted by molar-refractivity contribution is 0.437. The first-order valence-electron chi connectivity index (χ1n) is 9.16. The molecule has 2 heterocycles. The number of hydrogen-bond acceptors (Lipinski definition) is 7. The van der Waals surface area contributed by atoms with Gasteiger partial charge in [0, 0.05) is 10.6 Å². The van der Waals surface area contributed by atoms with Crippen LogP contribution in [-0.2, 0) is 6.42 Å². The van der Waals surface area contributed by atoms with Crippen LogP contribution in [0, 0.1) is 17.1 Å². The molecule has 0 saturated heterocycles. The summed E-state index contributed by atoms with van der Waals surface area (Å²) in [5.74, 6) is -0.925. The lowest BCUT2D eigenvalue weighted by Gasteiger charge is -2.12. The summed E-state index contributed by atoms with van der Waals surface area (Å²) in [5.41, 5.74) is 6.23. The Balaban J connectivity index is 1.64. The lowest BCUT2D eigenvalue weighted by Crippen LogP contribution is -1.98. The molecule has 13 heteroatoms. The van der Waals surface area contributed by atoms with Crippen molar-refractivity contribution in [3.63, 3.8) is 0 Å². The van der Waals surface area contributed by atoms with Crippen molar-refractivity contribution in [3.05, 3.63) is 78.4 Å². The highest BCUT2D eigenvalue weighted by molar-refractivity contribution is 6.46. The van der Waals surface area contributed by atoms with Crippen molar-refractivity contribution in [2.75, 3.05) is 5.73 Å². The van der Waals surface area contributed by atoms with Crippen LogP contribution in [0.4, 0.5) is 10.1 Å². The summed E-state index contributed by atoms with van der Waals surface area (Å²) in [5, 5.41) is 17.0. The minimum Gasteiger partial charge on any atom is -0.453 e. The maximum atomic E-state index is 15.3. The average Bonchev–Trinajstić information content (AvgIpc) is 3.27. The molecule has 0 unspecified atom stereocenters. The van der Waals surface area contributed by atoms with Crippen LogP contribution in [0.2, 0.25) is 25.2 Å². The van der Waals surface area contributed by atoms with Crippen molar-refractivity contribution in [2.24, 2.45) is 0 Å². The number of hydrogen-bond donors (Lipinski definition) is 1. The number of halogens is 6. The number of benzene rings is 2. The Hall–Kier alpha value is -2.80. The highest BCUT2D eigenvalue weighted by Crippen LogP contribution is 2.39. The predicted octanol–water partition coefficient (Wildman–Crippen LogP) is 7.37. The first kappa shape index (κ1) is 24.3. The van der Waals surface area contributed by atoms with Crippen LogP contribution in [0.5, 0.6) is 11.5 Å². The van der Waals surface area contributed by atoms with Gasteiger partial charge in [-0.15, -0.1) is 10.2 Å². The Morgan fingerprint density at radius 1 is 1.06 bits per heavy atom. The van der Waals surface area contributed by atoms with Crippen molar-refractivity contribution in [1.82, 2.24) is 15.2 Å². The number of rotatable bonds is 5. The van der Waals surface area contributed by atoms with Crippen LogP contribution >= 0.6 is 58.0 Å². The van der Waals surface area contributed by atoms with Gasteiger partial charge in [-0.25, -0.2) is 9.37 Å². The Morgan fingerprint density at radius 2 is 1.82 bits per heavy atom. The SMILES string of the molecule is N#Cc1cc(Cl)cc(Oc2c(Cl)ccc(Cc3nnc(-c4nc(Cl)c(Cl)c(N)c4Cl)o3)c2F)c1. The molecule has 7 nitrogen and oxygen atoms in total. The molecule has 2 aromatic carbocycles. The topological polar surface area (TPSA) is 111 Å². The second-order valence-electron chi connectivity index (χ2n) is 6.71. The fraction of sp³-hybridized carbons (Fsp3) is 0.0476. The molecule has 0 bridgehead atoms. The smallest absolute Gasteiger partial charge is 0.267 e. The molecule has 0 aliphatic carbocycles. The molecule has 172 valence electrons. The molecule has 0 radical (unpaired) electrons. The quantitative estimate of drug-likeness (QED) is 0.254. The average molecular weight is 560 g/mol. The third kappa shape index (κ3) is 4.85. The molecule has 2 N–H and O–H groups in total. The second-order valence-corrected chi connectivity index (χ2v) is 8.67. The summed E-state index contributed by atoms with van der Waals surface area (Å²) in [7, 11) is 0. The zero-order valence-corrected chi connectivity index (χ0v) is 20.3. The Morgan fingerprint density at radius 3 is 2.56 bits per heavy atom. The van der Waals surface area contributed by atoms with Crippen molar-refractivity contribution in [1.29, 1.82) is 5.26 Å². The molecule has 0 fully saturated rings. The van der Waals surface area contributed by atoms with Gasteiger partial charge in [0.05, 0.1) is 33.8 Å². The maximum Gasteiger partial charge on any atom is 0.267 e. The summed E-state index contributed by atoms with van der Waals surface area (Å²) in [6, 6.07) is 9.09. The molecule has 0 aliphatic rings. The number of nitrogens with two attached hydrogens (primary N) is 1. The molecule has 2 aromatic heterocycles. The van der Waals surface area contributed by atoms with Crippen LogP contribution < -0.4 is 10.5 Å². The third-order valence-corrected chi connectivity index (χ3v) is 6.08.